The Morgan fingerprint density at radius 1 is 1.28 bits per heavy atom. The van der Waals surface area contributed by atoms with Gasteiger partial charge in [-0.1, -0.05) is 24.3 Å². The maximum Gasteiger partial charge on any atom is 0.244 e. The molecule has 4 heteroatoms. The number of carbonyl (C=O) groups is 2. The van der Waals surface area contributed by atoms with Crippen LogP contribution in [0.15, 0.2) is 30.3 Å². The Bertz CT molecular complexity index is 465. The number of likely N-dealkylation sites (N-methyl/N-ethyl adjacent to an activating group) is 1. The molecular formula is C14H18N2O2. The van der Waals surface area contributed by atoms with Gasteiger partial charge in [0, 0.05) is 20.2 Å². The number of benzene rings is 1. The first-order valence-electron chi connectivity index (χ1n) is 5.72. The third kappa shape index (κ3) is 4.41. The van der Waals surface area contributed by atoms with Crippen LogP contribution in [0.25, 0.3) is 6.08 Å². The maximum absolute atomic E-state index is 11.5. The number of aryl methyl sites for hydroxylation is 1. The zero-order chi connectivity index (χ0) is 13.5. The quantitative estimate of drug-likeness (QED) is 0.812. The summed E-state index contributed by atoms with van der Waals surface area (Å²) < 4.78 is 0. The van der Waals surface area contributed by atoms with Gasteiger partial charge < -0.3 is 10.2 Å². The lowest BCUT2D eigenvalue weighted by Gasteiger charge is -2.09. The summed E-state index contributed by atoms with van der Waals surface area (Å²) in [6.07, 6.45) is 3.18. The number of hydrogen-bond acceptors (Lipinski definition) is 2. The van der Waals surface area contributed by atoms with Crippen molar-refractivity contribution in [3.05, 3.63) is 41.5 Å². The SMILES string of the molecule is Cc1ccccc1/C=C/C(=O)NCC(=O)N(C)C. The van der Waals surface area contributed by atoms with Crippen molar-refractivity contribution in [3.8, 4) is 0 Å². The predicted molar refractivity (Wildman–Crippen MR) is 71.9 cm³/mol. The second-order valence-electron chi connectivity index (χ2n) is 4.20. The Balaban J connectivity index is 2.50. The lowest BCUT2D eigenvalue weighted by atomic mass is 10.1. The van der Waals surface area contributed by atoms with Crippen LogP contribution in [-0.4, -0.2) is 37.4 Å². The van der Waals surface area contributed by atoms with Crippen LogP contribution in [0.5, 0.6) is 0 Å². The third-order valence-corrected chi connectivity index (χ3v) is 2.52. The van der Waals surface area contributed by atoms with E-state index in [4.69, 9.17) is 0 Å². The minimum atomic E-state index is -0.270. The van der Waals surface area contributed by atoms with Crippen molar-refractivity contribution in [1.82, 2.24) is 10.2 Å². The number of nitrogens with one attached hydrogen (secondary N) is 1. The molecule has 1 aromatic rings. The molecule has 0 aliphatic heterocycles. The summed E-state index contributed by atoms with van der Waals surface area (Å²) in [7, 11) is 3.30. The summed E-state index contributed by atoms with van der Waals surface area (Å²) in [4.78, 5) is 24.2. The predicted octanol–water partition coefficient (Wildman–Crippen LogP) is 1.21. The van der Waals surface area contributed by atoms with E-state index in [9.17, 15) is 9.59 Å². The monoisotopic (exact) mass is 246 g/mol. The molecule has 0 aliphatic rings. The van der Waals surface area contributed by atoms with Crippen molar-refractivity contribution in [1.29, 1.82) is 0 Å². The summed E-state index contributed by atoms with van der Waals surface area (Å²) in [5.41, 5.74) is 2.09. The first kappa shape index (κ1) is 14.0. The fraction of sp³-hybridized carbons (Fsp3) is 0.286. The van der Waals surface area contributed by atoms with Gasteiger partial charge in [0.15, 0.2) is 0 Å². The van der Waals surface area contributed by atoms with Crippen molar-refractivity contribution >= 4 is 17.9 Å². The molecule has 0 saturated carbocycles. The molecule has 1 rings (SSSR count). The van der Waals surface area contributed by atoms with Crippen molar-refractivity contribution in [2.75, 3.05) is 20.6 Å². The number of amides is 2. The molecule has 0 bridgehead atoms. The second kappa shape index (κ2) is 6.59. The summed E-state index contributed by atoms with van der Waals surface area (Å²) in [6, 6.07) is 7.78. The normalized spacial score (nSPS) is 10.4. The van der Waals surface area contributed by atoms with Crippen molar-refractivity contribution in [3.63, 3.8) is 0 Å². The van der Waals surface area contributed by atoms with Gasteiger partial charge in [-0.05, 0) is 24.1 Å². The Labute approximate surface area is 107 Å². The molecule has 0 atom stereocenters. The topological polar surface area (TPSA) is 49.4 Å². The Morgan fingerprint density at radius 3 is 2.56 bits per heavy atom. The summed E-state index contributed by atoms with van der Waals surface area (Å²) in [6.45, 7) is 2.00. The highest BCUT2D eigenvalue weighted by atomic mass is 16.2. The molecule has 0 spiro atoms. The Hall–Kier alpha value is -2.10. The van der Waals surface area contributed by atoms with Crippen molar-refractivity contribution < 1.29 is 9.59 Å². The van der Waals surface area contributed by atoms with Crippen LogP contribution >= 0.6 is 0 Å². The number of carbonyl (C=O) groups excluding carboxylic acids is 2. The van der Waals surface area contributed by atoms with Gasteiger partial charge in [0.2, 0.25) is 11.8 Å². The Kier molecular flexibility index (Phi) is 5.11. The fourth-order valence-electron chi connectivity index (χ4n) is 1.32. The minimum absolute atomic E-state index is 0.0178. The van der Waals surface area contributed by atoms with E-state index in [-0.39, 0.29) is 18.4 Å². The summed E-state index contributed by atoms with van der Waals surface area (Å²) in [5, 5.41) is 2.54. The maximum atomic E-state index is 11.5. The average molecular weight is 246 g/mol. The molecule has 0 radical (unpaired) electrons. The zero-order valence-electron chi connectivity index (χ0n) is 10.9. The second-order valence-corrected chi connectivity index (χ2v) is 4.20. The molecule has 1 aromatic carbocycles. The molecule has 1 N–H and O–H groups in total. The zero-order valence-corrected chi connectivity index (χ0v) is 10.9. The molecule has 0 aromatic heterocycles. The lowest BCUT2D eigenvalue weighted by molar-refractivity contribution is -0.129. The van der Waals surface area contributed by atoms with Crippen LogP contribution in [0, 0.1) is 6.92 Å². The average Bonchev–Trinajstić information content (AvgIpc) is 2.34. The lowest BCUT2D eigenvalue weighted by Crippen LogP contribution is -2.35. The molecule has 2 amide bonds. The van der Waals surface area contributed by atoms with Gasteiger partial charge >= 0.3 is 0 Å². The number of nitrogens with zero attached hydrogens (tertiary/aromatic N) is 1. The van der Waals surface area contributed by atoms with Gasteiger partial charge in [0.1, 0.15) is 0 Å². The van der Waals surface area contributed by atoms with Crippen LogP contribution in [0.4, 0.5) is 0 Å². The number of hydrogen-bond donors (Lipinski definition) is 1. The summed E-state index contributed by atoms with van der Waals surface area (Å²) in [5.74, 6) is -0.402. The highest BCUT2D eigenvalue weighted by Crippen LogP contribution is 2.08. The van der Waals surface area contributed by atoms with Gasteiger partial charge in [-0.15, -0.1) is 0 Å². The van der Waals surface area contributed by atoms with E-state index in [1.807, 2.05) is 31.2 Å². The van der Waals surface area contributed by atoms with E-state index < -0.39 is 0 Å². The molecule has 4 nitrogen and oxygen atoms in total. The minimum Gasteiger partial charge on any atom is -0.347 e. The smallest absolute Gasteiger partial charge is 0.244 e. The van der Waals surface area contributed by atoms with E-state index >= 15 is 0 Å². The van der Waals surface area contributed by atoms with E-state index in [0.717, 1.165) is 11.1 Å². The molecule has 0 unspecified atom stereocenters. The summed E-state index contributed by atoms with van der Waals surface area (Å²) >= 11 is 0. The molecule has 0 fully saturated rings. The van der Waals surface area contributed by atoms with Gasteiger partial charge in [0.05, 0.1) is 6.54 Å². The van der Waals surface area contributed by atoms with Gasteiger partial charge in [-0.3, -0.25) is 9.59 Å². The van der Waals surface area contributed by atoms with Crippen LogP contribution in [0.3, 0.4) is 0 Å². The molecule has 0 saturated heterocycles. The van der Waals surface area contributed by atoms with Crippen LogP contribution in [0.1, 0.15) is 11.1 Å². The van der Waals surface area contributed by atoms with Gasteiger partial charge in [0.25, 0.3) is 0 Å². The highest BCUT2D eigenvalue weighted by Gasteiger charge is 2.04. The van der Waals surface area contributed by atoms with E-state index in [1.54, 1.807) is 20.2 Å². The van der Waals surface area contributed by atoms with E-state index in [0.29, 0.717) is 0 Å². The first-order valence-corrected chi connectivity index (χ1v) is 5.72. The van der Waals surface area contributed by atoms with Crippen molar-refractivity contribution in [2.24, 2.45) is 0 Å². The van der Waals surface area contributed by atoms with Crippen molar-refractivity contribution in [2.45, 2.75) is 6.92 Å². The standard InChI is InChI=1S/C14H18N2O2/c1-11-6-4-5-7-12(11)8-9-13(17)15-10-14(18)16(2)3/h4-9H,10H2,1-3H3,(H,15,17)/b9-8+. The van der Waals surface area contributed by atoms with Crippen LogP contribution in [-0.2, 0) is 9.59 Å². The number of rotatable bonds is 4. The van der Waals surface area contributed by atoms with Crippen LogP contribution in [0.2, 0.25) is 0 Å². The highest BCUT2D eigenvalue weighted by molar-refractivity contribution is 5.94. The molecule has 0 aliphatic carbocycles. The van der Waals surface area contributed by atoms with E-state index in [1.165, 1.54) is 11.0 Å². The van der Waals surface area contributed by atoms with Crippen LogP contribution < -0.4 is 5.32 Å². The Morgan fingerprint density at radius 2 is 1.94 bits per heavy atom. The first-order chi connectivity index (χ1) is 8.50. The fourth-order valence-corrected chi connectivity index (χ4v) is 1.32. The molecule has 96 valence electrons. The molecule has 18 heavy (non-hydrogen) atoms. The van der Waals surface area contributed by atoms with Gasteiger partial charge in [-0.25, -0.2) is 0 Å². The third-order valence-electron chi connectivity index (χ3n) is 2.52. The largest absolute Gasteiger partial charge is 0.347 e. The molecule has 0 heterocycles. The molecular weight excluding hydrogens is 228 g/mol. The van der Waals surface area contributed by atoms with Gasteiger partial charge in [-0.2, -0.15) is 0 Å². The van der Waals surface area contributed by atoms with E-state index in [2.05, 4.69) is 5.32 Å².